The Balaban J connectivity index is 1.75. The molecule has 0 aliphatic carbocycles. The molecule has 4 aromatic rings. The van der Waals surface area contributed by atoms with Gasteiger partial charge in [-0.05, 0) is 74.9 Å². The zero-order valence-corrected chi connectivity index (χ0v) is 26.3. The molecule has 0 fully saturated rings. The minimum absolute atomic E-state index is 0.00392. The molecule has 0 saturated heterocycles. The van der Waals surface area contributed by atoms with Crippen molar-refractivity contribution in [1.82, 2.24) is 9.88 Å². The van der Waals surface area contributed by atoms with Crippen LogP contribution in [0.4, 0.5) is 16.3 Å². The summed E-state index contributed by atoms with van der Waals surface area (Å²) in [5, 5.41) is 25.7. The number of benzene rings is 2. The van der Waals surface area contributed by atoms with E-state index in [0.29, 0.717) is 38.8 Å². The van der Waals surface area contributed by atoms with Crippen LogP contribution in [-0.4, -0.2) is 58.9 Å². The molecule has 0 spiro atoms. The highest BCUT2D eigenvalue weighted by atomic mass is 35.5. The van der Waals surface area contributed by atoms with Crippen LogP contribution in [0.1, 0.15) is 43.3 Å². The van der Waals surface area contributed by atoms with Gasteiger partial charge in [-0.25, -0.2) is 9.78 Å². The lowest BCUT2D eigenvalue weighted by Gasteiger charge is -2.32. The Hall–Kier alpha value is -5.38. The molecule has 13 heteroatoms. The molecule has 0 atom stereocenters. The summed E-state index contributed by atoms with van der Waals surface area (Å²) in [6.45, 7) is 5.19. The third-order valence-electron chi connectivity index (χ3n) is 6.72. The molecule has 0 aliphatic rings. The number of pyridine rings is 1. The number of nitrogens with one attached hydrogen (secondary N) is 2. The summed E-state index contributed by atoms with van der Waals surface area (Å²) in [6.07, 6.45) is 0.164. The summed E-state index contributed by atoms with van der Waals surface area (Å²) in [7, 11) is 1.48. The van der Waals surface area contributed by atoms with Gasteiger partial charge in [0, 0.05) is 47.5 Å². The van der Waals surface area contributed by atoms with Gasteiger partial charge in [-0.15, -0.1) is 0 Å². The van der Waals surface area contributed by atoms with Crippen molar-refractivity contribution in [3.63, 3.8) is 0 Å². The molecule has 0 saturated carbocycles. The molecule has 0 bridgehead atoms. The van der Waals surface area contributed by atoms with E-state index in [-0.39, 0.29) is 36.9 Å². The number of halogens is 1. The fourth-order valence-corrected chi connectivity index (χ4v) is 4.72. The quantitative estimate of drug-likeness (QED) is 0.147. The maximum atomic E-state index is 13.0. The van der Waals surface area contributed by atoms with Crippen LogP contribution in [0.5, 0.6) is 5.75 Å². The number of amides is 3. The van der Waals surface area contributed by atoms with Gasteiger partial charge >= 0.3 is 6.09 Å². The standard InChI is InChI=1S/C33H32ClN5O7/c1-33(2,3)39(32(42)43)13-12-29(40)36-22-8-5-7-20(15-22)24-17-26(23-11-10-21(34)16-28(23)46-19-44-4)37-30(25(24)18-35)38-31(41)27-9-6-14-45-27/h5-11,14-17H,12-13,19H2,1-4H3,(H,36,40)(H,42,43)(H,37,38,41). The number of aromatic nitrogens is 1. The van der Waals surface area contributed by atoms with Gasteiger partial charge in [-0.2, -0.15) is 5.26 Å². The summed E-state index contributed by atoms with van der Waals surface area (Å²) in [6, 6.07) is 18.6. The van der Waals surface area contributed by atoms with E-state index in [0.717, 1.165) is 0 Å². The Labute approximate surface area is 270 Å². The molecule has 238 valence electrons. The van der Waals surface area contributed by atoms with Crippen LogP contribution in [0.3, 0.4) is 0 Å². The number of nitrogens with zero attached hydrogens (tertiary/aromatic N) is 3. The predicted octanol–water partition coefficient (Wildman–Crippen LogP) is 6.88. The molecule has 3 N–H and O–H groups in total. The highest BCUT2D eigenvalue weighted by molar-refractivity contribution is 6.30. The van der Waals surface area contributed by atoms with E-state index in [1.807, 2.05) is 0 Å². The van der Waals surface area contributed by atoms with E-state index in [4.69, 9.17) is 25.5 Å². The molecular formula is C33H32ClN5O7. The smallest absolute Gasteiger partial charge is 0.407 e. The van der Waals surface area contributed by atoms with Crippen LogP contribution < -0.4 is 15.4 Å². The number of ether oxygens (including phenoxy) is 2. The fraction of sp³-hybridized carbons (Fsp3) is 0.242. The summed E-state index contributed by atoms with van der Waals surface area (Å²) < 4.78 is 16.0. The third-order valence-corrected chi connectivity index (χ3v) is 6.96. The molecule has 4 rings (SSSR count). The van der Waals surface area contributed by atoms with Gasteiger partial charge < -0.3 is 34.5 Å². The Morgan fingerprint density at radius 2 is 1.85 bits per heavy atom. The van der Waals surface area contributed by atoms with Crippen LogP contribution in [0.15, 0.2) is 71.3 Å². The summed E-state index contributed by atoms with van der Waals surface area (Å²) >= 11 is 6.23. The summed E-state index contributed by atoms with van der Waals surface area (Å²) in [4.78, 5) is 43.3. The lowest BCUT2D eigenvalue weighted by molar-refractivity contribution is -0.116. The van der Waals surface area contributed by atoms with Gasteiger partial charge in [-0.1, -0.05) is 23.7 Å². The van der Waals surface area contributed by atoms with E-state index < -0.39 is 23.4 Å². The first-order chi connectivity index (χ1) is 21.9. The zero-order chi connectivity index (χ0) is 33.4. The monoisotopic (exact) mass is 645 g/mol. The fourth-order valence-electron chi connectivity index (χ4n) is 4.56. The third kappa shape index (κ3) is 8.20. The SMILES string of the molecule is COCOc1cc(Cl)ccc1-c1cc(-c2cccc(NC(=O)CCN(C(=O)O)C(C)(C)C)c2)c(C#N)c(NC(=O)c2ccco2)n1. The number of hydrogen-bond donors (Lipinski definition) is 3. The number of rotatable bonds is 11. The van der Waals surface area contributed by atoms with E-state index in [1.54, 1.807) is 75.4 Å². The number of nitriles is 1. The van der Waals surface area contributed by atoms with Gasteiger partial charge in [-0.3, -0.25) is 9.59 Å². The van der Waals surface area contributed by atoms with Crippen molar-refractivity contribution in [3.8, 4) is 34.2 Å². The van der Waals surface area contributed by atoms with Gasteiger partial charge in [0.2, 0.25) is 5.91 Å². The number of methoxy groups -OCH3 is 1. The second kappa shape index (κ2) is 14.6. The predicted molar refractivity (Wildman–Crippen MR) is 172 cm³/mol. The topological polar surface area (TPSA) is 167 Å². The summed E-state index contributed by atoms with van der Waals surface area (Å²) in [5.74, 6) is -0.667. The molecule has 46 heavy (non-hydrogen) atoms. The number of hydrogen-bond acceptors (Lipinski definition) is 8. The first-order valence-electron chi connectivity index (χ1n) is 14.0. The van der Waals surface area contributed by atoms with Crippen LogP contribution in [0.25, 0.3) is 22.4 Å². The Kier molecular flexibility index (Phi) is 10.6. The van der Waals surface area contributed by atoms with Crippen molar-refractivity contribution in [1.29, 1.82) is 5.26 Å². The minimum atomic E-state index is -1.12. The van der Waals surface area contributed by atoms with Crippen molar-refractivity contribution in [2.24, 2.45) is 0 Å². The second-order valence-electron chi connectivity index (χ2n) is 11.0. The molecule has 12 nitrogen and oxygen atoms in total. The number of carboxylic acid groups (broad SMARTS) is 1. The first kappa shape index (κ1) is 33.5. The molecule has 2 aromatic carbocycles. The van der Waals surface area contributed by atoms with Gasteiger partial charge in [0.05, 0.1) is 12.0 Å². The molecule has 0 aliphatic heterocycles. The van der Waals surface area contributed by atoms with E-state index in [2.05, 4.69) is 21.7 Å². The molecule has 3 amide bonds. The highest BCUT2D eigenvalue weighted by Gasteiger charge is 2.26. The number of carbonyl (C=O) groups excluding carboxylic acids is 2. The van der Waals surface area contributed by atoms with Gasteiger partial charge in [0.1, 0.15) is 17.4 Å². The van der Waals surface area contributed by atoms with Crippen molar-refractivity contribution >= 4 is 41.0 Å². The van der Waals surface area contributed by atoms with Crippen LogP contribution in [-0.2, 0) is 9.53 Å². The summed E-state index contributed by atoms with van der Waals surface area (Å²) in [5.41, 5.74) is 1.57. The largest absolute Gasteiger partial charge is 0.467 e. The highest BCUT2D eigenvalue weighted by Crippen LogP contribution is 2.38. The number of anilines is 2. The molecule has 0 unspecified atom stereocenters. The zero-order valence-electron chi connectivity index (χ0n) is 25.6. The average molecular weight is 646 g/mol. The van der Waals surface area contributed by atoms with Crippen LogP contribution in [0.2, 0.25) is 5.02 Å². The average Bonchev–Trinajstić information content (AvgIpc) is 3.54. The molecule has 2 heterocycles. The van der Waals surface area contributed by atoms with Crippen molar-refractivity contribution in [2.75, 3.05) is 31.1 Å². The van der Waals surface area contributed by atoms with Crippen LogP contribution in [0, 0.1) is 11.3 Å². The number of furan rings is 1. The minimum Gasteiger partial charge on any atom is -0.467 e. The molecule has 0 radical (unpaired) electrons. The second-order valence-corrected chi connectivity index (χ2v) is 11.4. The lowest BCUT2D eigenvalue weighted by Crippen LogP contribution is -2.46. The van der Waals surface area contributed by atoms with E-state index in [9.17, 15) is 24.8 Å². The lowest BCUT2D eigenvalue weighted by atomic mass is 9.97. The molecule has 2 aromatic heterocycles. The van der Waals surface area contributed by atoms with E-state index >= 15 is 0 Å². The maximum Gasteiger partial charge on any atom is 0.407 e. The maximum absolute atomic E-state index is 13.0. The van der Waals surface area contributed by atoms with Crippen molar-refractivity contribution in [3.05, 3.63) is 83.3 Å². The van der Waals surface area contributed by atoms with Crippen molar-refractivity contribution < 1.29 is 33.4 Å². The Morgan fingerprint density at radius 3 is 2.50 bits per heavy atom. The first-order valence-corrected chi connectivity index (χ1v) is 14.4. The van der Waals surface area contributed by atoms with E-state index in [1.165, 1.54) is 24.3 Å². The normalized spacial score (nSPS) is 11.0. The Bertz CT molecular complexity index is 1780. The van der Waals surface area contributed by atoms with Gasteiger partial charge in [0.25, 0.3) is 5.91 Å². The van der Waals surface area contributed by atoms with Gasteiger partial charge in [0.15, 0.2) is 18.4 Å². The Morgan fingerprint density at radius 1 is 1.07 bits per heavy atom. The van der Waals surface area contributed by atoms with Crippen molar-refractivity contribution in [2.45, 2.75) is 32.7 Å². The molecular weight excluding hydrogens is 614 g/mol. The number of carbonyl (C=O) groups is 3. The van der Waals surface area contributed by atoms with Crippen LogP contribution >= 0.6 is 11.6 Å².